The van der Waals surface area contributed by atoms with Crippen molar-refractivity contribution >= 4 is 47.7 Å². The number of carbonyl (C=O) groups excluding carboxylic acids is 2. The third kappa shape index (κ3) is 9.74. The number of para-hydroxylation sites is 1. The predicted octanol–water partition coefficient (Wildman–Crippen LogP) is 5.93. The lowest BCUT2D eigenvalue weighted by molar-refractivity contribution is -0.125. The highest BCUT2D eigenvalue weighted by molar-refractivity contribution is 6.50. The minimum absolute atomic E-state index is 0.0426. The summed E-state index contributed by atoms with van der Waals surface area (Å²) < 4.78 is 13.0. The van der Waals surface area contributed by atoms with Gasteiger partial charge in [0.2, 0.25) is 29.9 Å². The molecular weight excluding hydrogens is 559 g/mol. The van der Waals surface area contributed by atoms with Gasteiger partial charge in [0.25, 0.3) is 0 Å². The summed E-state index contributed by atoms with van der Waals surface area (Å²) in [6.45, 7) is 6.28. The summed E-state index contributed by atoms with van der Waals surface area (Å²) in [4.78, 5) is 27.8. The van der Waals surface area contributed by atoms with Gasteiger partial charge in [-0.25, -0.2) is 0 Å². The fourth-order valence-corrected chi connectivity index (χ4v) is 8.89. The SMILES string of the molecule is C[Si](CCCN)OC1CCCCC1O[Si](C)CCCNC(=O)CCC(=O)N1Cc2ccccc2/C=C\c2ccccc21. The second-order valence-electron chi connectivity index (χ2n) is 11.4. The van der Waals surface area contributed by atoms with Gasteiger partial charge in [-0.2, -0.15) is 0 Å². The van der Waals surface area contributed by atoms with Gasteiger partial charge in [0.05, 0.1) is 24.4 Å². The summed E-state index contributed by atoms with van der Waals surface area (Å²) in [5, 5.41) is 3.02. The van der Waals surface area contributed by atoms with Crippen molar-refractivity contribution in [1.29, 1.82) is 0 Å². The fourth-order valence-electron chi connectivity index (χ4n) is 5.70. The molecule has 0 bridgehead atoms. The molecule has 7 nitrogen and oxygen atoms in total. The van der Waals surface area contributed by atoms with Crippen molar-refractivity contribution in [3.8, 4) is 0 Å². The Hall–Kier alpha value is -2.57. The number of hydrogen-bond donors (Lipinski definition) is 2. The van der Waals surface area contributed by atoms with Crippen molar-refractivity contribution in [3.63, 3.8) is 0 Å². The number of rotatable bonds is 14. The first-order valence-electron chi connectivity index (χ1n) is 15.5. The first kappa shape index (κ1) is 32.3. The Morgan fingerprint density at radius 2 is 1.50 bits per heavy atom. The molecule has 2 aromatic rings. The normalized spacial score (nSPS) is 19.1. The quantitative estimate of drug-likeness (QED) is 0.206. The van der Waals surface area contributed by atoms with Crippen molar-refractivity contribution in [2.45, 2.75) is 95.3 Å². The Kier molecular flexibility index (Phi) is 13.0. The Morgan fingerprint density at radius 1 is 0.881 bits per heavy atom. The molecule has 2 amide bonds. The van der Waals surface area contributed by atoms with Crippen molar-refractivity contribution in [2.75, 3.05) is 18.0 Å². The van der Waals surface area contributed by atoms with Crippen LogP contribution in [0.5, 0.6) is 0 Å². The van der Waals surface area contributed by atoms with E-state index in [0.29, 0.717) is 13.1 Å². The molecule has 3 N–H and O–H groups in total. The zero-order valence-electron chi connectivity index (χ0n) is 25.3. The van der Waals surface area contributed by atoms with Gasteiger partial charge in [-0.15, -0.1) is 0 Å². The van der Waals surface area contributed by atoms with Gasteiger partial charge in [0, 0.05) is 19.4 Å². The molecule has 0 spiro atoms. The summed E-state index contributed by atoms with van der Waals surface area (Å²) in [5.41, 5.74) is 9.75. The number of carbonyl (C=O) groups is 2. The summed E-state index contributed by atoms with van der Waals surface area (Å²) in [6.07, 6.45) is 11.4. The van der Waals surface area contributed by atoms with Gasteiger partial charge in [-0.3, -0.25) is 9.59 Å². The van der Waals surface area contributed by atoms with E-state index in [2.05, 4.69) is 42.7 Å². The third-order valence-electron chi connectivity index (χ3n) is 8.03. The highest BCUT2D eigenvalue weighted by Crippen LogP contribution is 2.29. The predicted molar refractivity (Wildman–Crippen MR) is 175 cm³/mol. The van der Waals surface area contributed by atoms with E-state index in [1.54, 1.807) is 0 Å². The molecule has 1 saturated carbocycles. The van der Waals surface area contributed by atoms with Crippen LogP contribution in [0.4, 0.5) is 5.69 Å². The Labute approximate surface area is 255 Å². The van der Waals surface area contributed by atoms with Crippen molar-refractivity contribution < 1.29 is 18.4 Å². The van der Waals surface area contributed by atoms with E-state index in [0.717, 1.165) is 66.7 Å². The number of benzene rings is 2. The molecule has 1 aliphatic heterocycles. The maximum atomic E-state index is 13.4. The first-order chi connectivity index (χ1) is 20.4. The highest BCUT2D eigenvalue weighted by Gasteiger charge is 2.30. The number of anilines is 1. The lowest BCUT2D eigenvalue weighted by atomic mass is 9.95. The first-order valence-corrected chi connectivity index (χ1v) is 19.8. The van der Waals surface area contributed by atoms with Crippen LogP contribution in [0.25, 0.3) is 12.2 Å². The standard InChI is InChI=1S/C33H47N3O4Si2/c1-41(23-9-21-34)39-30-15-7-8-16-31(30)40-42(2)24-10-22-35-32(37)19-20-33(38)36-25-28-13-4-3-11-26(28)17-18-27-12-5-6-14-29(27)36/h3-6,11-14,17-18,30-31H,7-10,15-16,19-25,34H2,1-2H3,(H,35,37)/b18-17-. The van der Waals surface area contributed by atoms with Crippen molar-refractivity contribution in [3.05, 3.63) is 65.2 Å². The summed E-state index contributed by atoms with van der Waals surface area (Å²) in [6, 6.07) is 18.1. The number of nitrogens with two attached hydrogens (primary N) is 1. The van der Waals surface area contributed by atoms with Crippen LogP contribution in [0, 0.1) is 0 Å². The smallest absolute Gasteiger partial charge is 0.227 e. The van der Waals surface area contributed by atoms with Crippen LogP contribution in [0.3, 0.4) is 0 Å². The second-order valence-corrected chi connectivity index (χ2v) is 15.7. The molecule has 1 fully saturated rings. The van der Waals surface area contributed by atoms with E-state index in [1.807, 2.05) is 41.3 Å². The Balaban J connectivity index is 1.19. The maximum absolute atomic E-state index is 13.4. The molecular formula is C33H47N3O4Si2. The zero-order valence-corrected chi connectivity index (χ0v) is 27.3. The van der Waals surface area contributed by atoms with Crippen LogP contribution in [0.2, 0.25) is 25.2 Å². The van der Waals surface area contributed by atoms with E-state index in [1.165, 1.54) is 12.8 Å². The topological polar surface area (TPSA) is 93.9 Å². The molecule has 0 saturated heterocycles. The van der Waals surface area contributed by atoms with E-state index >= 15 is 0 Å². The van der Waals surface area contributed by atoms with Crippen molar-refractivity contribution in [1.82, 2.24) is 5.32 Å². The molecule has 2 atom stereocenters. The van der Waals surface area contributed by atoms with Crippen LogP contribution >= 0.6 is 0 Å². The molecule has 0 aromatic heterocycles. The van der Waals surface area contributed by atoms with Crippen LogP contribution in [0.1, 0.15) is 68.1 Å². The minimum atomic E-state index is -0.975. The van der Waals surface area contributed by atoms with Gasteiger partial charge >= 0.3 is 0 Å². The minimum Gasteiger partial charge on any atom is -0.411 e. The second kappa shape index (κ2) is 16.9. The molecule has 2 unspecified atom stereocenters. The Morgan fingerprint density at radius 3 is 2.21 bits per heavy atom. The summed E-state index contributed by atoms with van der Waals surface area (Å²) in [7, 11) is -1.80. The molecule has 1 heterocycles. The number of amides is 2. The van der Waals surface area contributed by atoms with E-state index in [4.69, 9.17) is 14.6 Å². The molecule has 9 heteroatoms. The number of nitrogens with one attached hydrogen (secondary N) is 1. The number of nitrogens with zero attached hydrogens (tertiary/aromatic N) is 1. The molecule has 2 aliphatic rings. The monoisotopic (exact) mass is 605 g/mol. The molecule has 4 rings (SSSR count). The lowest BCUT2D eigenvalue weighted by Gasteiger charge is -2.35. The van der Waals surface area contributed by atoms with Gasteiger partial charge < -0.3 is 24.8 Å². The lowest BCUT2D eigenvalue weighted by Crippen LogP contribution is -2.41. The average molecular weight is 606 g/mol. The van der Waals surface area contributed by atoms with Crippen LogP contribution in [-0.4, -0.2) is 55.2 Å². The number of fused-ring (bicyclic) bond motifs is 2. The van der Waals surface area contributed by atoms with Gasteiger partial charge in [0.1, 0.15) is 0 Å². The van der Waals surface area contributed by atoms with Crippen LogP contribution in [-0.2, 0) is 25.0 Å². The van der Waals surface area contributed by atoms with Crippen molar-refractivity contribution in [2.24, 2.45) is 5.73 Å². The summed E-state index contributed by atoms with van der Waals surface area (Å²) >= 11 is 0. The maximum Gasteiger partial charge on any atom is 0.227 e. The van der Waals surface area contributed by atoms with E-state index in [9.17, 15) is 9.59 Å². The van der Waals surface area contributed by atoms with E-state index in [-0.39, 0.29) is 36.9 Å². The van der Waals surface area contributed by atoms with Gasteiger partial charge in [-0.1, -0.05) is 67.5 Å². The molecule has 226 valence electrons. The van der Waals surface area contributed by atoms with Gasteiger partial charge in [-0.05, 0) is 80.2 Å². The molecule has 2 aromatic carbocycles. The van der Waals surface area contributed by atoms with E-state index < -0.39 is 18.1 Å². The largest absolute Gasteiger partial charge is 0.411 e. The molecule has 1 aliphatic carbocycles. The Bertz CT molecular complexity index is 1190. The zero-order chi connectivity index (χ0) is 29.7. The highest BCUT2D eigenvalue weighted by atomic mass is 28.3. The number of hydrogen-bond acceptors (Lipinski definition) is 5. The van der Waals surface area contributed by atoms with Crippen LogP contribution < -0.4 is 16.0 Å². The third-order valence-corrected chi connectivity index (χ3v) is 11.6. The molecule has 2 radical (unpaired) electrons. The average Bonchev–Trinajstić information content (AvgIpc) is 2.99. The summed E-state index contributed by atoms with van der Waals surface area (Å²) in [5.74, 6) is -0.121. The fraction of sp³-hybridized carbons (Fsp3) is 0.515. The molecule has 42 heavy (non-hydrogen) atoms. The van der Waals surface area contributed by atoms with Crippen LogP contribution in [0.15, 0.2) is 48.5 Å². The van der Waals surface area contributed by atoms with Gasteiger partial charge in [0.15, 0.2) is 0 Å².